The Kier molecular flexibility index (Phi) is 11.0. The lowest BCUT2D eigenvalue weighted by molar-refractivity contribution is 0.0183. The summed E-state index contributed by atoms with van der Waals surface area (Å²) in [5.41, 5.74) is 2.10. The number of carbonyl (C=O) groups is 3. The van der Waals surface area contributed by atoms with Crippen molar-refractivity contribution < 1.29 is 32.3 Å². The number of aryl methyl sites for hydroxylation is 1. The van der Waals surface area contributed by atoms with Crippen molar-refractivity contribution in [3.05, 3.63) is 58.9 Å². The molecule has 15 heteroatoms. The van der Waals surface area contributed by atoms with Gasteiger partial charge in [-0.3, -0.25) is 14.3 Å². The number of likely N-dealkylation sites (tertiary alicyclic amines) is 1. The predicted octanol–water partition coefficient (Wildman–Crippen LogP) is 4.88. The molecule has 3 aromatic rings. The molecule has 0 spiro atoms. The first-order chi connectivity index (χ1) is 22.7. The van der Waals surface area contributed by atoms with E-state index in [0.717, 1.165) is 30.2 Å². The molecule has 266 valence electrons. The molecule has 0 saturated carbocycles. The van der Waals surface area contributed by atoms with Crippen LogP contribution in [-0.2, 0) is 20.2 Å². The molecule has 2 aromatic carbocycles. The van der Waals surface area contributed by atoms with E-state index in [-0.39, 0.29) is 40.5 Å². The summed E-state index contributed by atoms with van der Waals surface area (Å²) < 4.78 is 39.1. The number of nitrogens with one attached hydrogen (secondary N) is 3. The molecule has 1 saturated heterocycles. The maximum absolute atomic E-state index is 13.6. The zero-order chi connectivity index (χ0) is 36.3. The zero-order valence-electron chi connectivity index (χ0n) is 29.6. The van der Waals surface area contributed by atoms with E-state index in [4.69, 9.17) is 9.47 Å². The number of carbonyl (C=O) groups excluding carboxylic acids is 3. The molecule has 4 rings (SSSR count). The molecule has 49 heavy (non-hydrogen) atoms. The lowest BCUT2D eigenvalue weighted by Gasteiger charge is -2.33. The number of amides is 3. The van der Waals surface area contributed by atoms with Gasteiger partial charge in [0.15, 0.2) is 11.4 Å². The van der Waals surface area contributed by atoms with Gasteiger partial charge in [-0.15, -0.1) is 5.10 Å². The van der Waals surface area contributed by atoms with Crippen LogP contribution in [0.5, 0.6) is 5.75 Å². The Balaban J connectivity index is 1.45. The van der Waals surface area contributed by atoms with Gasteiger partial charge in [0.25, 0.3) is 11.8 Å². The molecule has 1 aromatic heterocycles. The number of benzene rings is 2. The van der Waals surface area contributed by atoms with Crippen molar-refractivity contribution in [1.82, 2.24) is 25.2 Å². The van der Waals surface area contributed by atoms with Crippen molar-refractivity contribution in [3.8, 4) is 11.4 Å². The third kappa shape index (κ3) is 9.94. The number of ether oxygens (including phenoxy) is 2. The van der Waals surface area contributed by atoms with Crippen LogP contribution < -0.4 is 20.1 Å². The second-order valence-corrected chi connectivity index (χ2v) is 16.1. The number of rotatable bonds is 9. The number of sulfonamides is 1. The highest BCUT2D eigenvalue weighted by Crippen LogP contribution is 2.39. The molecular formula is C34H47N7O7S. The summed E-state index contributed by atoms with van der Waals surface area (Å²) in [5, 5.41) is 14.0. The number of aromatic nitrogens is 3. The van der Waals surface area contributed by atoms with Crippen LogP contribution in [0.3, 0.4) is 0 Å². The van der Waals surface area contributed by atoms with Crippen LogP contribution in [0.1, 0.15) is 86.4 Å². The molecule has 0 unspecified atom stereocenters. The number of nitrogens with zero attached hydrogens (tertiary/aromatic N) is 4. The monoisotopic (exact) mass is 697 g/mol. The molecule has 3 amide bonds. The van der Waals surface area contributed by atoms with Crippen LogP contribution in [0.15, 0.2) is 36.5 Å². The van der Waals surface area contributed by atoms with Gasteiger partial charge in [-0.05, 0) is 87.3 Å². The minimum atomic E-state index is -3.64. The highest BCUT2D eigenvalue weighted by molar-refractivity contribution is 7.92. The lowest BCUT2D eigenvalue weighted by Crippen LogP contribution is -2.43. The Labute approximate surface area is 288 Å². The van der Waals surface area contributed by atoms with Crippen LogP contribution >= 0.6 is 0 Å². The van der Waals surface area contributed by atoms with Gasteiger partial charge in [0.05, 0.1) is 36.6 Å². The van der Waals surface area contributed by atoms with Crippen molar-refractivity contribution in [2.24, 2.45) is 5.92 Å². The highest BCUT2D eigenvalue weighted by atomic mass is 32.2. The van der Waals surface area contributed by atoms with Crippen LogP contribution in [0.2, 0.25) is 0 Å². The smallest absolute Gasteiger partial charge is 0.410 e. The maximum atomic E-state index is 13.6. The zero-order valence-corrected chi connectivity index (χ0v) is 30.4. The van der Waals surface area contributed by atoms with E-state index >= 15 is 0 Å². The molecule has 1 fully saturated rings. The second-order valence-electron chi connectivity index (χ2n) is 14.4. The largest absolute Gasteiger partial charge is 0.492 e. The summed E-state index contributed by atoms with van der Waals surface area (Å²) in [6.45, 7) is 14.8. The van der Waals surface area contributed by atoms with Gasteiger partial charge in [0.2, 0.25) is 10.0 Å². The average Bonchev–Trinajstić information content (AvgIpc) is 3.48. The summed E-state index contributed by atoms with van der Waals surface area (Å²) in [4.78, 5) is 40.6. The van der Waals surface area contributed by atoms with Crippen molar-refractivity contribution in [2.75, 3.05) is 43.0 Å². The predicted molar refractivity (Wildman–Crippen MR) is 187 cm³/mol. The first-order valence-corrected chi connectivity index (χ1v) is 17.9. The van der Waals surface area contributed by atoms with Gasteiger partial charge >= 0.3 is 6.09 Å². The maximum Gasteiger partial charge on any atom is 0.410 e. The summed E-state index contributed by atoms with van der Waals surface area (Å²) in [6, 6.07) is 8.49. The van der Waals surface area contributed by atoms with E-state index in [1.165, 1.54) is 18.0 Å². The summed E-state index contributed by atoms with van der Waals surface area (Å²) in [6.07, 6.45) is 3.70. The standard InChI is InChI=1S/C34H47N7O7S/c1-21-10-11-23(30(42)36-25-17-24(33(2,3)4)18-26(29(25)47-8)38-49(9,45)46)16-28(21)41-20-27(37-39-41)31(43)35-19-22-12-14-40(15-13-22)32(44)48-34(5,6)7/h10-11,16-18,20,22,38H,12-15,19H2,1-9H3,(H,35,43)(H,36,42). The molecule has 1 aliphatic rings. The Morgan fingerprint density at radius 3 is 2.22 bits per heavy atom. The number of methoxy groups -OCH3 is 1. The Hall–Kier alpha value is -4.66. The van der Waals surface area contributed by atoms with Gasteiger partial charge in [-0.25, -0.2) is 17.9 Å². The van der Waals surface area contributed by atoms with E-state index in [0.29, 0.717) is 36.6 Å². The molecular weight excluding hydrogens is 650 g/mol. The van der Waals surface area contributed by atoms with E-state index < -0.39 is 21.5 Å². The minimum Gasteiger partial charge on any atom is -0.492 e. The van der Waals surface area contributed by atoms with Crippen molar-refractivity contribution in [2.45, 2.75) is 72.3 Å². The van der Waals surface area contributed by atoms with E-state index in [1.54, 1.807) is 35.2 Å². The van der Waals surface area contributed by atoms with Crippen molar-refractivity contribution >= 4 is 39.3 Å². The normalized spacial score (nSPS) is 14.3. The fraction of sp³-hybridized carbons (Fsp3) is 0.500. The highest BCUT2D eigenvalue weighted by Gasteiger charge is 2.28. The van der Waals surface area contributed by atoms with Crippen LogP contribution in [-0.4, -0.2) is 84.8 Å². The molecule has 2 heterocycles. The SMILES string of the molecule is COc1c(NC(=O)c2ccc(C)c(-n3cc(C(=O)NCC4CCN(C(=O)OC(C)(C)C)CC4)nn3)c2)cc(C(C)(C)C)cc1NS(C)(=O)=O. The fourth-order valence-corrected chi connectivity index (χ4v) is 5.85. The Bertz CT molecular complexity index is 1820. The van der Waals surface area contributed by atoms with Gasteiger partial charge in [0.1, 0.15) is 5.60 Å². The van der Waals surface area contributed by atoms with Gasteiger partial charge < -0.3 is 25.0 Å². The number of piperidine rings is 1. The molecule has 0 bridgehead atoms. The molecule has 0 aliphatic carbocycles. The minimum absolute atomic E-state index is 0.120. The number of anilines is 2. The van der Waals surface area contributed by atoms with Crippen molar-refractivity contribution in [1.29, 1.82) is 0 Å². The average molecular weight is 698 g/mol. The first-order valence-electron chi connectivity index (χ1n) is 16.0. The topological polar surface area (TPSA) is 174 Å². The van der Waals surface area contributed by atoms with E-state index in [2.05, 4.69) is 25.7 Å². The van der Waals surface area contributed by atoms with Crippen LogP contribution in [0, 0.1) is 12.8 Å². The van der Waals surface area contributed by atoms with Gasteiger partial charge in [-0.1, -0.05) is 32.1 Å². The molecule has 14 nitrogen and oxygen atoms in total. The Morgan fingerprint density at radius 2 is 1.63 bits per heavy atom. The van der Waals surface area contributed by atoms with E-state index in [1.807, 2.05) is 48.5 Å². The van der Waals surface area contributed by atoms with Crippen LogP contribution in [0.25, 0.3) is 5.69 Å². The second kappa shape index (κ2) is 14.4. The quantitative estimate of drug-likeness (QED) is 0.282. The molecule has 0 atom stereocenters. The molecule has 0 radical (unpaired) electrons. The summed E-state index contributed by atoms with van der Waals surface area (Å²) >= 11 is 0. The third-order valence-corrected chi connectivity index (χ3v) is 8.56. The van der Waals surface area contributed by atoms with E-state index in [9.17, 15) is 22.8 Å². The van der Waals surface area contributed by atoms with Gasteiger partial charge in [-0.2, -0.15) is 0 Å². The molecule has 1 aliphatic heterocycles. The third-order valence-electron chi connectivity index (χ3n) is 7.96. The number of hydrogen-bond donors (Lipinski definition) is 3. The first kappa shape index (κ1) is 37.2. The lowest BCUT2D eigenvalue weighted by atomic mass is 9.86. The summed E-state index contributed by atoms with van der Waals surface area (Å²) in [7, 11) is -2.24. The van der Waals surface area contributed by atoms with Crippen LogP contribution in [0.4, 0.5) is 16.2 Å². The molecule has 3 N–H and O–H groups in total. The van der Waals surface area contributed by atoms with Crippen molar-refractivity contribution in [3.63, 3.8) is 0 Å². The van der Waals surface area contributed by atoms with Gasteiger partial charge in [0, 0.05) is 25.2 Å². The summed E-state index contributed by atoms with van der Waals surface area (Å²) in [5.74, 6) is -0.473. The fourth-order valence-electron chi connectivity index (χ4n) is 5.30. The Morgan fingerprint density at radius 1 is 0.980 bits per heavy atom. The number of hydrogen-bond acceptors (Lipinski definition) is 9.